The van der Waals surface area contributed by atoms with Crippen LogP contribution in [0.3, 0.4) is 0 Å². The van der Waals surface area contributed by atoms with Gasteiger partial charge < -0.3 is 20.3 Å². The summed E-state index contributed by atoms with van der Waals surface area (Å²) in [5.41, 5.74) is 0. The summed E-state index contributed by atoms with van der Waals surface area (Å²) in [7, 11) is 0. The summed E-state index contributed by atoms with van der Waals surface area (Å²) >= 11 is 0. The molecule has 3 aliphatic heterocycles. The Bertz CT molecular complexity index is 336. The molecule has 3 aliphatic rings. The molecule has 3 heterocycles. The minimum absolute atomic E-state index is 0.216. The zero-order valence-corrected chi connectivity index (χ0v) is 13.0. The average Bonchev–Trinajstić information content (AvgIpc) is 2.74. The van der Waals surface area contributed by atoms with Gasteiger partial charge in [-0.05, 0) is 51.6 Å². The largest absolute Gasteiger partial charge is 0.381 e. The van der Waals surface area contributed by atoms with Crippen molar-refractivity contribution in [2.45, 2.75) is 63.1 Å². The number of piperidine rings is 1. The molecule has 0 bridgehead atoms. The van der Waals surface area contributed by atoms with Gasteiger partial charge in [0.2, 0.25) is 5.91 Å². The van der Waals surface area contributed by atoms with Crippen molar-refractivity contribution < 1.29 is 9.53 Å². The molecule has 0 aromatic carbocycles. The summed E-state index contributed by atoms with van der Waals surface area (Å²) in [6.45, 7) is 5.13. The molecule has 3 saturated heterocycles. The Morgan fingerprint density at radius 3 is 2.48 bits per heavy atom. The SMILES string of the molecule is O=C1CCC(NC2CCN(C3CCOCC3)CC2)CCN1. The lowest BCUT2D eigenvalue weighted by Gasteiger charge is -2.40. The Morgan fingerprint density at radius 2 is 1.71 bits per heavy atom. The molecule has 0 aliphatic carbocycles. The van der Waals surface area contributed by atoms with Gasteiger partial charge in [0.1, 0.15) is 0 Å². The van der Waals surface area contributed by atoms with E-state index in [9.17, 15) is 4.79 Å². The second-order valence-corrected chi connectivity index (χ2v) is 6.69. The number of likely N-dealkylation sites (tertiary alicyclic amines) is 1. The van der Waals surface area contributed by atoms with Gasteiger partial charge in [-0.3, -0.25) is 4.79 Å². The average molecular weight is 295 g/mol. The highest BCUT2D eigenvalue weighted by Crippen LogP contribution is 2.21. The molecule has 120 valence electrons. The molecule has 0 aromatic heterocycles. The zero-order chi connectivity index (χ0) is 14.5. The smallest absolute Gasteiger partial charge is 0.220 e. The van der Waals surface area contributed by atoms with Gasteiger partial charge in [-0.15, -0.1) is 0 Å². The molecule has 0 saturated carbocycles. The highest BCUT2D eigenvalue weighted by molar-refractivity contribution is 5.76. The topological polar surface area (TPSA) is 53.6 Å². The lowest BCUT2D eigenvalue weighted by Crippen LogP contribution is -2.50. The van der Waals surface area contributed by atoms with Crippen molar-refractivity contribution in [3.05, 3.63) is 0 Å². The Labute approximate surface area is 127 Å². The molecule has 3 fully saturated rings. The Kier molecular flexibility index (Phi) is 5.49. The molecule has 5 heteroatoms. The van der Waals surface area contributed by atoms with Gasteiger partial charge in [-0.1, -0.05) is 0 Å². The lowest BCUT2D eigenvalue weighted by atomic mass is 9.98. The number of hydrogen-bond acceptors (Lipinski definition) is 4. The second kappa shape index (κ2) is 7.56. The number of amides is 1. The highest BCUT2D eigenvalue weighted by atomic mass is 16.5. The Hall–Kier alpha value is -0.650. The van der Waals surface area contributed by atoms with Gasteiger partial charge in [-0.2, -0.15) is 0 Å². The predicted molar refractivity (Wildman–Crippen MR) is 82.2 cm³/mol. The van der Waals surface area contributed by atoms with Crippen LogP contribution in [0.5, 0.6) is 0 Å². The molecule has 3 rings (SSSR count). The monoisotopic (exact) mass is 295 g/mol. The van der Waals surface area contributed by atoms with Crippen LogP contribution in [0.1, 0.15) is 44.9 Å². The first-order valence-corrected chi connectivity index (χ1v) is 8.66. The van der Waals surface area contributed by atoms with Crippen molar-refractivity contribution in [2.75, 3.05) is 32.8 Å². The van der Waals surface area contributed by atoms with Crippen molar-refractivity contribution >= 4 is 5.91 Å². The van der Waals surface area contributed by atoms with Crippen molar-refractivity contribution in [1.29, 1.82) is 0 Å². The molecular weight excluding hydrogens is 266 g/mol. The normalized spacial score (nSPS) is 30.9. The van der Waals surface area contributed by atoms with E-state index in [1.54, 1.807) is 0 Å². The third-order valence-corrected chi connectivity index (χ3v) is 5.24. The molecule has 21 heavy (non-hydrogen) atoms. The van der Waals surface area contributed by atoms with Crippen LogP contribution in [0, 0.1) is 0 Å². The van der Waals surface area contributed by atoms with E-state index in [1.807, 2.05) is 0 Å². The van der Waals surface area contributed by atoms with Gasteiger partial charge in [0.15, 0.2) is 0 Å². The van der Waals surface area contributed by atoms with E-state index < -0.39 is 0 Å². The summed E-state index contributed by atoms with van der Waals surface area (Å²) in [6.07, 6.45) is 7.64. The van der Waals surface area contributed by atoms with Crippen LogP contribution < -0.4 is 10.6 Å². The van der Waals surface area contributed by atoms with Crippen LogP contribution in [0.25, 0.3) is 0 Å². The summed E-state index contributed by atoms with van der Waals surface area (Å²) in [5, 5.41) is 6.76. The summed E-state index contributed by atoms with van der Waals surface area (Å²) in [4.78, 5) is 14.0. The van der Waals surface area contributed by atoms with Crippen LogP contribution in [-0.4, -0.2) is 61.8 Å². The van der Waals surface area contributed by atoms with Gasteiger partial charge in [0.25, 0.3) is 0 Å². The number of carbonyl (C=O) groups excluding carboxylic acids is 1. The van der Waals surface area contributed by atoms with E-state index in [4.69, 9.17) is 4.74 Å². The predicted octanol–water partition coefficient (Wildman–Crippen LogP) is 0.888. The highest BCUT2D eigenvalue weighted by Gasteiger charge is 2.27. The van der Waals surface area contributed by atoms with E-state index in [-0.39, 0.29) is 5.91 Å². The van der Waals surface area contributed by atoms with Crippen molar-refractivity contribution in [2.24, 2.45) is 0 Å². The summed E-state index contributed by atoms with van der Waals surface area (Å²) in [5.74, 6) is 0.216. The molecule has 1 unspecified atom stereocenters. The number of carbonyl (C=O) groups is 1. The van der Waals surface area contributed by atoms with E-state index in [1.165, 1.54) is 38.8 Å². The molecule has 0 aromatic rings. The standard InChI is InChI=1S/C16H29N3O2/c20-16-2-1-13(3-8-17-16)18-14-4-9-19(10-5-14)15-6-11-21-12-7-15/h13-15,18H,1-12H2,(H,17,20). The summed E-state index contributed by atoms with van der Waals surface area (Å²) < 4.78 is 5.46. The molecule has 0 radical (unpaired) electrons. The van der Waals surface area contributed by atoms with E-state index in [0.29, 0.717) is 18.5 Å². The van der Waals surface area contributed by atoms with E-state index >= 15 is 0 Å². The van der Waals surface area contributed by atoms with Crippen molar-refractivity contribution in [1.82, 2.24) is 15.5 Å². The van der Waals surface area contributed by atoms with Crippen molar-refractivity contribution in [3.63, 3.8) is 0 Å². The minimum Gasteiger partial charge on any atom is -0.381 e. The second-order valence-electron chi connectivity index (χ2n) is 6.69. The number of ether oxygens (including phenoxy) is 1. The fourth-order valence-electron chi connectivity index (χ4n) is 3.91. The number of hydrogen-bond donors (Lipinski definition) is 2. The lowest BCUT2D eigenvalue weighted by molar-refractivity contribution is -0.120. The van der Waals surface area contributed by atoms with Crippen LogP contribution in [0.15, 0.2) is 0 Å². The number of rotatable bonds is 3. The molecule has 0 spiro atoms. The first-order chi connectivity index (χ1) is 10.3. The molecule has 2 N–H and O–H groups in total. The summed E-state index contributed by atoms with van der Waals surface area (Å²) in [6, 6.07) is 1.90. The fraction of sp³-hybridized carbons (Fsp3) is 0.938. The van der Waals surface area contributed by atoms with Gasteiger partial charge in [0.05, 0.1) is 0 Å². The third kappa shape index (κ3) is 4.41. The van der Waals surface area contributed by atoms with Gasteiger partial charge in [-0.25, -0.2) is 0 Å². The van der Waals surface area contributed by atoms with Crippen LogP contribution in [-0.2, 0) is 9.53 Å². The van der Waals surface area contributed by atoms with Crippen LogP contribution >= 0.6 is 0 Å². The zero-order valence-electron chi connectivity index (χ0n) is 13.0. The van der Waals surface area contributed by atoms with E-state index in [0.717, 1.165) is 38.6 Å². The number of nitrogens with one attached hydrogen (secondary N) is 2. The molecule has 1 amide bonds. The van der Waals surface area contributed by atoms with Crippen LogP contribution in [0.2, 0.25) is 0 Å². The maximum atomic E-state index is 11.4. The van der Waals surface area contributed by atoms with Crippen LogP contribution in [0.4, 0.5) is 0 Å². The van der Waals surface area contributed by atoms with Gasteiger partial charge >= 0.3 is 0 Å². The Balaban J connectivity index is 1.40. The Morgan fingerprint density at radius 1 is 1.00 bits per heavy atom. The fourth-order valence-corrected chi connectivity index (χ4v) is 3.91. The third-order valence-electron chi connectivity index (χ3n) is 5.24. The first-order valence-electron chi connectivity index (χ1n) is 8.66. The molecular formula is C16H29N3O2. The van der Waals surface area contributed by atoms with Crippen molar-refractivity contribution in [3.8, 4) is 0 Å². The molecule has 1 atom stereocenters. The van der Waals surface area contributed by atoms with E-state index in [2.05, 4.69) is 15.5 Å². The number of nitrogens with zero attached hydrogens (tertiary/aromatic N) is 1. The quantitative estimate of drug-likeness (QED) is 0.812. The minimum atomic E-state index is 0.216. The maximum Gasteiger partial charge on any atom is 0.220 e. The maximum absolute atomic E-state index is 11.4. The van der Waals surface area contributed by atoms with Gasteiger partial charge in [0, 0.05) is 44.3 Å². The first kappa shape index (κ1) is 15.3. The molecule has 5 nitrogen and oxygen atoms in total.